The van der Waals surface area contributed by atoms with Crippen molar-refractivity contribution in [2.45, 2.75) is 38.5 Å². The van der Waals surface area contributed by atoms with Gasteiger partial charge in [0.15, 0.2) is 12.1 Å². The van der Waals surface area contributed by atoms with Crippen molar-refractivity contribution in [3.8, 4) is 0 Å². The Balaban J connectivity index is 1.57. The van der Waals surface area contributed by atoms with Crippen LogP contribution in [0.5, 0.6) is 0 Å². The second kappa shape index (κ2) is 6.55. The normalized spacial score (nSPS) is 24.3. The molecule has 1 atom stereocenters. The van der Waals surface area contributed by atoms with Crippen LogP contribution in [0.25, 0.3) is 0 Å². The van der Waals surface area contributed by atoms with E-state index in [4.69, 9.17) is 14.0 Å². The lowest BCUT2D eigenvalue weighted by Gasteiger charge is -2.37. The first-order valence-corrected chi connectivity index (χ1v) is 7.43. The monoisotopic (exact) mass is 295 g/mol. The molecule has 1 aromatic rings. The number of aromatic nitrogens is 1. The molecule has 2 aliphatic rings. The van der Waals surface area contributed by atoms with E-state index in [0.29, 0.717) is 31.3 Å². The number of hydrogen-bond acceptors (Lipinski definition) is 6. The topological polar surface area (TPSA) is 76.8 Å². The van der Waals surface area contributed by atoms with Gasteiger partial charge in [-0.05, 0) is 26.3 Å². The van der Waals surface area contributed by atoms with Crippen LogP contribution in [0.4, 0.5) is 5.82 Å². The largest absolute Gasteiger partial charge is 0.360 e. The second-order valence-corrected chi connectivity index (χ2v) is 5.51. The predicted octanol–water partition coefficient (Wildman–Crippen LogP) is 1.15. The number of nitrogens with one attached hydrogen (secondary N) is 1. The molecule has 21 heavy (non-hydrogen) atoms. The number of carbonyl (C=O) groups is 1. The highest BCUT2D eigenvalue weighted by molar-refractivity contribution is 5.91. The second-order valence-electron chi connectivity index (χ2n) is 5.51. The molecule has 7 nitrogen and oxygen atoms in total. The molecule has 116 valence electrons. The number of piperidine rings is 1. The highest BCUT2D eigenvalue weighted by Crippen LogP contribution is 2.24. The molecule has 1 amide bonds. The molecular weight excluding hydrogens is 274 g/mol. The Morgan fingerprint density at radius 3 is 2.95 bits per heavy atom. The van der Waals surface area contributed by atoms with Crippen molar-refractivity contribution in [3.63, 3.8) is 0 Å². The van der Waals surface area contributed by atoms with Crippen molar-refractivity contribution in [1.29, 1.82) is 0 Å². The summed E-state index contributed by atoms with van der Waals surface area (Å²) >= 11 is 0. The Morgan fingerprint density at radius 1 is 1.43 bits per heavy atom. The third-order valence-corrected chi connectivity index (χ3v) is 3.87. The molecule has 0 radical (unpaired) electrons. The molecule has 0 aliphatic carbocycles. The number of anilines is 1. The molecule has 2 fully saturated rings. The molecule has 1 aromatic heterocycles. The maximum atomic E-state index is 12.1. The van der Waals surface area contributed by atoms with E-state index in [2.05, 4.69) is 15.4 Å². The van der Waals surface area contributed by atoms with Gasteiger partial charge in [0, 0.05) is 6.07 Å². The van der Waals surface area contributed by atoms with Crippen LogP contribution in [0.2, 0.25) is 0 Å². The molecule has 0 aromatic carbocycles. The van der Waals surface area contributed by atoms with Crippen LogP contribution in [0.1, 0.15) is 25.0 Å². The summed E-state index contributed by atoms with van der Waals surface area (Å²) in [5.41, 5.74) is 0. The molecular formula is C14H21N3O4. The molecule has 0 spiro atoms. The summed E-state index contributed by atoms with van der Waals surface area (Å²) in [6, 6.07) is 1.86. The summed E-state index contributed by atoms with van der Waals surface area (Å²) in [6.45, 7) is 4.27. The molecule has 0 unspecified atom stereocenters. The molecule has 2 aliphatic heterocycles. The van der Waals surface area contributed by atoms with E-state index in [0.717, 1.165) is 25.8 Å². The minimum Gasteiger partial charge on any atom is -0.360 e. The minimum atomic E-state index is -0.201. The first-order valence-electron chi connectivity index (χ1n) is 7.43. The van der Waals surface area contributed by atoms with Crippen molar-refractivity contribution in [3.05, 3.63) is 11.8 Å². The highest BCUT2D eigenvalue weighted by atomic mass is 16.7. The molecule has 1 N–H and O–H groups in total. The smallest absolute Gasteiger partial charge is 0.239 e. The lowest BCUT2D eigenvalue weighted by Crippen LogP contribution is -2.50. The third kappa shape index (κ3) is 3.61. The van der Waals surface area contributed by atoms with Gasteiger partial charge in [0.2, 0.25) is 5.91 Å². The Kier molecular flexibility index (Phi) is 4.52. The van der Waals surface area contributed by atoms with Gasteiger partial charge in [-0.2, -0.15) is 0 Å². The van der Waals surface area contributed by atoms with Gasteiger partial charge < -0.3 is 19.3 Å². The van der Waals surface area contributed by atoms with Gasteiger partial charge >= 0.3 is 0 Å². The molecule has 2 saturated heterocycles. The van der Waals surface area contributed by atoms with Gasteiger partial charge in [-0.25, -0.2) is 0 Å². The summed E-state index contributed by atoms with van der Waals surface area (Å²) in [4.78, 5) is 14.3. The van der Waals surface area contributed by atoms with Crippen molar-refractivity contribution < 1.29 is 18.8 Å². The summed E-state index contributed by atoms with van der Waals surface area (Å²) in [7, 11) is 0. The minimum absolute atomic E-state index is 0.0896. The zero-order valence-electron chi connectivity index (χ0n) is 12.2. The Bertz CT molecular complexity index is 484. The summed E-state index contributed by atoms with van der Waals surface area (Å²) in [5.74, 6) is 1.04. The zero-order chi connectivity index (χ0) is 14.7. The van der Waals surface area contributed by atoms with Crippen molar-refractivity contribution in [2.24, 2.45) is 0 Å². The lowest BCUT2D eigenvalue weighted by atomic mass is 10.0. The number of aryl methyl sites for hydroxylation is 1. The highest BCUT2D eigenvalue weighted by Gasteiger charge is 2.34. The number of nitrogens with zero attached hydrogens (tertiary/aromatic N) is 2. The fraction of sp³-hybridized carbons (Fsp3) is 0.714. The molecule has 7 heteroatoms. The van der Waals surface area contributed by atoms with E-state index in [-0.39, 0.29) is 18.2 Å². The lowest BCUT2D eigenvalue weighted by molar-refractivity contribution is -0.127. The average Bonchev–Trinajstić information content (AvgIpc) is 3.11. The predicted molar refractivity (Wildman–Crippen MR) is 74.8 cm³/mol. The van der Waals surface area contributed by atoms with E-state index in [1.54, 1.807) is 13.0 Å². The number of likely N-dealkylation sites (tertiary alicyclic amines) is 1. The molecule has 3 rings (SSSR count). The van der Waals surface area contributed by atoms with Gasteiger partial charge in [0.1, 0.15) is 5.76 Å². The van der Waals surface area contributed by atoms with Crippen LogP contribution in [0.15, 0.2) is 10.6 Å². The Morgan fingerprint density at radius 2 is 2.24 bits per heavy atom. The SMILES string of the molecule is Cc1cc(NC(=O)CN2CCCC[C@H]2C2OCCO2)no1. The molecule has 0 saturated carbocycles. The van der Waals surface area contributed by atoms with Gasteiger partial charge in [-0.3, -0.25) is 9.69 Å². The maximum absolute atomic E-state index is 12.1. The zero-order valence-corrected chi connectivity index (χ0v) is 12.2. The van der Waals surface area contributed by atoms with Crippen LogP contribution in [0, 0.1) is 6.92 Å². The third-order valence-electron chi connectivity index (χ3n) is 3.87. The number of carbonyl (C=O) groups excluding carboxylic acids is 1. The quantitative estimate of drug-likeness (QED) is 0.898. The number of rotatable bonds is 4. The Labute approximate surface area is 123 Å². The molecule has 3 heterocycles. The summed E-state index contributed by atoms with van der Waals surface area (Å²) in [6.07, 6.45) is 3.04. The first-order chi connectivity index (χ1) is 10.2. The standard InChI is InChI=1S/C14H21N3O4/c1-10-8-12(16-21-10)15-13(18)9-17-5-3-2-4-11(17)14-19-6-7-20-14/h8,11,14H,2-7,9H2,1H3,(H,15,16,18)/t11-/m0/s1. The van der Waals surface area contributed by atoms with Crippen molar-refractivity contribution in [2.75, 3.05) is 31.6 Å². The van der Waals surface area contributed by atoms with E-state index in [1.165, 1.54) is 0 Å². The first kappa shape index (κ1) is 14.5. The van der Waals surface area contributed by atoms with Crippen molar-refractivity contribution in [1.82, 2.24) is 10.1 Å². The van der Waals surface area contributed by atoms with E-state index in [9.17, 15) is 4.79 Å². The van der Waals surface area contributed by atoms with Crippen LogP contribution in [0.3, 0.4) is 0 Å². The number of hydrogen-bond donors (Lipinski definition) is 1. The fourth-order valence-corrected chi connectivity index (χ4v) is 2.91. The number of amides is 1. The van der Waals surface area contributed by atoms with Crippen LogP contribution >= 0.6 is 0 Å². The van der Waals surface area contributed by atoms with Gasteiger partial charge in [0.25, 0.3) is 0 Å². The fourth-order valence-electron chi connectivity index (χ4n) is 2.91. The van der Waals surface area contributed by atoms with Gasteiger partial charge in [-0.15, -0.1) is 0 Å². The van der Waals surface area contributed by atoms with E-state index in [1.807, 2.05) is 0 Å². The van der Waals surface area contributed by atoms with Crippen LogP contribution in [-0.4, -0.2) is 54.6 Å². The summed E-state index contributed by atoms with van der Waals surface area (Å²) < 4.78 is 16.1. The van der Waals surface area contributed by atoms with Gasteiger partial charge in [0.05, 0.1) is 25.8 Å². The van der Waals surface area contributed by atoms with Crippen LogP contribution in [-0.2, 0) is 14.3 Å². The molecule has 0 bridgehead atoms. The van der Waals surface area contributed by atoms with E-state index >= 15 is 0 Å². The van der Waals surface area contributed by atoms with Gasteiger partial charge in [-0.1, -0.05) is 11.6 Å². The van der Waals surface area contributed by atoms with E-state index < -0.39 is 0 Å². The maximum Gasteiger partial charge on any atom is 0.239 e. The average molecular weight is 295 g/mol. The van der Waals surface area contributed by atoms with Crippen LogP contribution < -0.4 is 5.32 Å². The summed E-state index contributed by atoms with van der Waals surface area (Å²) in [5, 5.41) is 6.52. The number of ether oxygens (including phenoxy) is 2. The Hall–Kier alpha value is -1.44. The van der Waals surface area contributed by atoms with Crippen molar-refractivity contribution >= 4 is 11.7 Å².